The average molecular weight is 401 g/mol. The van der Waals surface area contributed by atoms with Crippen LogP contribution in [-0.4, -0.2) is 43.0 Å². The molecule has 0 unspecified atom stereocenters. The van der Waals surface area contributed by atoms with Gasteiger partial charge in [-0.25, -0.2) is 4.98 Å². The summed E-state index contributed by atoms with van der Waals surface area (Å²) >= 11 is 1.52. The molecule has 0 radical (unpaired) electrons. The molecule has 0 atom stereocenters. The Morgan fingerprint density at radius 1 is 1.15 bits per heavy atom. The van der Waals surface area contributed by atoms with Crippen LogP contribution in [0.1, 0.15) is 21.5 Å². The molecule has 7 heteroatoms. The van der Waals surface area contributed by atoms with Gasteiger partial charge >= 0.3 is 0 Å². The molecule has 0 spiro atoms. The molecule has 0 aliphatic rings. The standard InChI is InChI=1S/C20H20N4OS.ClH/c1-14-4-9-17-18(12-14)26-20(22-17)24(11-10-23(2)3)19(25)16-7-5-15(13-21)6-8-16;/h4-9,12H,10-11H2,1-3H3;1H. The van der Waals surface area contributed by atoms with E-state index in [0.29, 0.717) is 22.8 Å². The number of amides is 1. The molecule has 27 heavy (non-hydrogen) atoms. The lowest BCUT2D eigenvalue weighted by Gasteiger charge is -2.22. The van der Waals surface area contributed by atoms with Gasteiger partial charge in [-0.3, -0.25) is 9.69 Å². The smallest absolute Gasteiger partial charge is 0.260 e. The molecular weight excluding hydrogens is 380 g/mol. The Morgan fingerprint density at radius 3 is 2.48 bits per heavy atom. The molecule has 0 bridgehead atoms. The SMILES string of the molecule is Cc1ccc2nc(N(CCN(C)C)C(=O)c3ccc(C#N)cc3)sc2c1.Cl. The third-order valence-corrected chi connectivity index (χ3v) is 5.08. The molecule has 0 N–H and O–H groups in total. The Labute approximate surface area is 169 Å². The molecule has 0 aliphatic heterocycles. The highest BCUT2D eigenvalue weighted by Crippen LogP contribution is 2.30. The highest BCUT2D eigenvalue weighted by atomic mass is 35.5. The molecule has 0 saturated carbocycles. The number of aryl methyl sites for hydroxylation is 1. The normalized spacial score (nSPS) is 10.5. The van der Waals surface area contributed by atoms with Gasteiger partial charge < -0.3 is 4.90 Å². The van der Waals surface area contributed by atoms with E-state index in [1.54, 1.807) is 29.2 Å². The number of likely N-dealkylation sites (N-methyl/N-ethyl adjacent to an activating group) is 1. The lowest BCUT2D eigenvalue weighted by Crippen LogP contribution is -2.36. The maximum absolute atomic E-state index is 13.1. The quantitative estimate of drug-likeness (QED) is 0.646. The van der Waals surface area contributed by atoms with E-state index in [1.807, 2.05) is 38.1 Å². The van der Waals surface area contributed by atoms with Gasteiger partial charge in [0.1, 0.15) is 0 Å². The van der Waals surface area contributed by atoms with Gasteiger partial charge in [0.15, 0.2) is 5.13 Å². The van der Waals surface area contributed by atoms with Crippen molar-refractivity contribution in [1.82, 2.24) is 9.88 Å². The van der Waals surface area contributed by atoms with Crippen molar-refractivity contribution in [3.05, 3.63) is 59.2 Å². The minimum Gasteiger partial charge on any atom is -0.308 e. The van der Waals surface area contributed by atoms with Gasteiger partial charge in [-0.05, 0) is 63.0 Å². The summed E-state index contributed by atoms with van der Waals surface area (Å²) in [6, 6.07) is 14.9. The summed E-state index contributed by atoms with van der Waals surface area (Å²) in [5.41, 5.74) is 3.17. The molecule has 1 amide bonds. The zero-order valence-electron chi connectivity index (χ0n) is 15.5. The summed E-state index contributed by atoms with van der Waals surface area (Å²) in [4.78, 5) is 21.5. The van der Waals surface area contributed by atoms with E-state index in [4.69, 9.17) is 5.26 Å². The number of nitrogens with zero attached hydrogens (tertiary/aromatic N) is 4. The number of carbonyl (C=O) groups is 1. The average Bonchev–Trinajstić information content (AvgIpc) is 3.04. The van der Waals surface area contributed by atoms with Gasteiger partial charge in [0.25, 0.3) is 5.91 Å². The molecule has 1 heterocycles. The second-order valence-electron chi connectivity index (χ2n) is 6.42. The molecule has 0 aliphatic carbocycles. The summed E-state index contributed by atoms with van der Waals surface area (Å²) in [5.74, 6) is -0.105. The number of anilines is 1. The van der Waals surface area contributed by atoms with Gasteiger partial charge in [0.2, 0.25) is 0 Å². The van der Waals surface area contributed by atoms with E-state index in [2.05, 4.69) is 17.1 Å². The Balaban J connectivity index is 0.00000261. The van der Waals surface area contributed by atoms with E-state index < -0.39 is 0 Å². The number of hydrogen-bond donors (Lipinski definition) is 0. The molecule has 3 aromatic rings. The van der Waals surface area contributed by atoms with Gasteiger partial charge in [-0.15, -0.1) is 12.4 Å². The van der Waals surface area contributed by atoms with E-state index >= 15 is 0 Å². The topological polar surface area (TPSA) is 60.2 Å². The van der Waals surface area contributed by atoms with Crippen LogP contribution in [-0.2, 0) is 0 Å². The summed E-state index contributed by atoms with van der Waals surface area (Å²) in [5, 5.41) is 9.64. The molecule has 0 fully saturated rings. The first kappa shape index (κ1) is 20.8. The number of nitriles is 1. The van der Waals surface area contributed by atoms with Crippen LogP contribution in [0.3, 0.4) is 0 Å². The van der Waals surface area contributed by atoms with Crippen molar-refractivity contribution in [2.24, 2.45) is 0 Å². The number of thiazole rings is 1. The zero-order valence-corrected chi connectivity index (χ0v) is 17.1. The maximum atomic E-state index is 13.1. The monoisotopic (exact) mass is 400 g/mol. The Morgan fingerprint density at radius 2 is 1.85 bits per heavy atom. The zero-order chi connectivity index (χ0) is 18.7. The highest BCUT2D eigenvalue weighted by molar-refractivity contribution is 7.22. The minimum absolute atomic E-state index is 0. The largest absolute Gasteiger partial charge is 0.308 e. The fraction of sp³-hybridized carbons (Fsp3) is 0.250. The van der Waals surface area contributed by atoms with E-state index in [9.17, 15) is 4.79 Å². The molecule has 0 saturated heterocycles. The third-order valence-electron chi connectivity index (χ3n) is 4.04. The lowest BCUT2D eigenvalue weighted by atomic mass is 10.1. The third kappa shape index (κ3) is 4.83. The second-order valence-corrected chi connectivity index (χ2v) is 7.43. The summed E-state index contributed by atoms with van der Waals surface area (Å²) in [6.07, 6.45) is 0. The molecule has 140 valence electrons. The first-order valence-electron chi connectivity index (χ1n) is 8.32. The Hall–Kier alpha value is -2.46. The number of carbonyl (C=O) groups excluding carboxylic acids is 1. The number of halogens is 1. The van der Waals surface area contributed by atoms with Crippen LogP contribution in [0.4, 0.5) is 5.13 Å². The molecule has 2 aromatic carbocycles. The number of hydrogen-bond acceptors (Lipinski definition) is 5. The number of fused-ring (bicyclic) bond motifs is 1. The van der Waals surface area contributed by atoms with Crippen LogP contribution in [0, 0.1) is 18.3 Å². The van der Waals surface area contributed by atoms with Crippen molar-refractivity contribution in [2.75, 3.05) is 32.1 Å². The molecule has 5 nitrogen and oxygen atoms in total. The van der Waals surface area contributed by atoms with Gasteiger partial charge in [0.05, 0.1) is 21.8 Å². The van der Waals surface area contributed by atoms with Crippen molar-refractivity contribution in [3.8, 4) is 6.07 Å². The van der Waals surface area contributed by atoms with Crippen molar-refractivity contribution >= 4 is 45.0 Å². The van der Waals surface area contributed by atoms with Crippen LogP contribution >= 0.6 is 23.7 Å². The minimum atomic E-state index is -0.105. The molecular formula is C20H21ClN4OS. The van der Waals surface area contributed by atoms with Crippen LogP contribution in [0.25, 0.3) is 10.2 Å². The molecule has 3 rings (SSSR count). The maximum Gasteiger partial charge on any atom is 0.260 e. The van der Waals surface area contributed by atoms with Gasteiger partial charge in [-0.2, -0.15) is 5.26 Å². The summed E-state index contributed by atoms with van der Waals surface area (Å²) in [6.45, 7) is 3.33. The van der Waals surface area contributed by atoms with Crippen molar-refractivity contribution in [2.45, 2.75) is 6.92 Å². The predicted octanol–water partition coefficient (Wildman–Crippen LogP) is 4.11. The Bertz CT molecular complexity index is 976. The highest BCUT2D eigenvalue weighted by Gasteiger charge is 2.21. The van der Waals surface area contributed by atoms with E-state index in [-0.39, 0.29) is 18.3 Å². The van der Waals surface area contributed by atoms with Crippen molar-refractivity contribution in [3.63, 3.8) is 0 Å². The number of benzene rings is 2. The van der Waals surface area contributed by atoms with Gasteiger partial charge in [-0.1, -0.05) is 17.4 Å². The Kier molecular flexibility index (Phi) is 6.92. The fourth-order valence-corrected chi connectivity index (χ4v) is 3.65. The van der Waals surface area contributed by atoms with Crippen LogP contribution in [0.2, 0.25) is 0 Å². The molecule has 1 aromatic heterocycles. The van der Waals surface area contributed by atoms with E-state index in [1.165, 1.54) is 16.9 Å². The first-order valence-corrected chi connectivity index (χ1v) is 9.13. The number of rotatable bonds is 5. The fourth-order valence-electron chi connectivity index (χ4n) is 2.56. The van der Waals surface area contributed by atoms with Crippen LogP contribution < -0.4 is 4.90 Å². The first-order chi connectivity index (χ1) is 12.5. The predicted molar refractivity (Wildman–Crippen MR) is 113 cm³/mol. The van der Waals surface area contributed by atoms with Crippen LogP contribution in [0.5, 0.6) is 0 Å². The number of aromatic nitrogens is 1. The lowest BCUT2D eigenvalue weighted by molar-refractivity contribution is 0.0985. The van der Waals surface area contributed by atoms with Crippen molar-refractivity contribution in [1.29, 1.82) is 5.26 Å². The second kappa shape index (κ2) is 8.96. The summed E-state index contributed by atoms with van der Waals surface area (Å²) in [7, 11) is 3.96. The van der Waals surface area contributed by atoms with Crippen LogP contribution in [0.15, 0.2) is 42.5 Å². The van der Waals surface area contributed by atoms with Gasteiger partial charge in [0, 0.05) is 18.7 Å². The van der Waals surface area contributed by atoms with Crippen molar-refractivity contribution < 1.29 is 4.79 Å². The summed E-state index contributed by atoms with van der Waals surface area (Å²) < 4.78 is 1.07. The van der Waals surface area contributed by atoms with E-state index in [0.717, 1.165) is 16.8 Å².